The Hall–Kier alpha value is -0.670. The van der Waals surface area contributed by atoms with Crippen LogP contribution in [0, 0.1) is 0 Å². The van der Waals surface area contributed by atoms with Gasteiger partial charge in [-0.05, 0) is 37.2 Å². The Morgan fingerprint density at radius 2 is 2.00 bits per heavy atom. The molecule has 0 bridgehead atoms. The summed E-state index contributed by atoms with van der Waals surface area (Å²) in [4.78, 5) is 0. The summed E-state index contributed by atoms with van der Waals surface area (Å²) in [5.74, 6) is 1.35. The van der Waals surface area contributed by atoms with Crippen molar-refractivity contribution >= 4 is 10.8 Å². The number of hydrogen-bond donors (Lipinski definition) is 1. The van der Waals surface area contributed by atoms with E-state index < -0.39 is 10.8 Å². The molecule has 106 valence electrons. The molecule has 0 saturated heterocycles. The summed E-state index contributed by atoms with van der Waals surface area (Å²) in [6.45, 7) is 2.14. The lowest BCUT2D eigenvalue weighted by molar-refractivity contribution is 0.400. The molecule has 2 rings (SSSR count). The van der Waals surface area contributed by atoms with Gasteiger partial charge < -0.3 is 5.73 Å². The summed E-state index contributed by atoms with van der Waals surface area (Å²) < 4.78 is 12.4. The van der Waals surface area contributed by atoms with Crippen LogP contribution in [0.1, 0.15) is 50.5 Å². The fraction of sp³-hybridized carbons (Fsp3) is 0.625. The van der Waals surface area contributed by atoms with Crippen molar-refractivity contribution in [3.05, 3.63) is 35.9 Å². The molecule has 0 aromatic heterocycles. The van der Waals surface area contributed by atoms with E-state index in [9.17, 15) is 4.21 Å². The highest BCUT2D eigenvalue weighted by molar-refractivity contribution is 7.85. The van der Waals surface area contributed by atoms with Crippen molar-refractivity contribution < 1.29 is 4.21 Å². The highest BCUT2D eigenvalue weighted by Crippen LogP contribution is 2.34. The molecule has 1 fully saturated rings. The van der Waals surface area contributed by atoms with E-state index in [-0.39, 0.29) is 11.3 Å². The smallest absolute Gasteiger partial charge is 0.0504 e. The SMILES string of the molecule is CCCCS(=O)C1CC(c2ccccc2)CCC1N. The zero-order chi connectivity index (χ0) is 13.7. The van der Waals surface area contributed by atoms with Crippen molar-refractivity contribution in [3.8, 4) is 0 Å². The third-order valence-electron chi connectivity index (χ3n) is 4.15. The predicted molar refractivity (Wildman–Crippen MR) is 82.7 cm³/mol. The Balaban J connectivity index is 2.02. The minimum atomic E-state index is -0.756. The van der Waals surface area contributed by atoms with Gasteiger partial charge in [-0.2, -0.15) is 0 Å². The first kappa shape index (κ1) is 14.7. The second kappa shape index (κ2) is 7.20. The lowest BCUT2D eigenvalue weighted by Gasteiger charge is -2.33. The second-order valence-electron chi connectivity index (χ2n) is 5.56. The molecule has 2 nitrogen and oxygen atoms in total. The van der Waals surface area contributed by atoms with Crippen LogP contribution in [0.2, 0.25) is 0 Å². The molecule has 1 aromatic rings. The van der Waals surface area contributed by atoms with E-state index in [1.165, 1.54) is 5.56 Å². The lowest BCUT2D eigenvalue weighted by atomic mass is 9.82. The largest absolute Gasteiger partial charge is 0.327 e. The molecule has 0 amide bonds. The maximum absolute atomic E-state index is 12.4. The van der Waals surface area contributed by atoms with Gasteiger partial charge in [0.15, 0.2) is 0 Å². The molecule has 0 spiro atoms. The predicted octanol–water partition coefficient (Wildman–Crippen LogP) is 3.20. The van der Waals surface area contributed by atoms with Crippen LogP contribution in [-0.4, -0.2) is 21.3 Å². The van der Waals surface area contributed by atoms with Gasteiger partial charge in [0, 0.05) is 22.6 Å². The van der Waals surface area contributed by atoms with Gasteiger partial charge in [0.1, 0.15) is 0 Å². The third-order valence-corrected chi connectivity index (χ3v) is 6.06. The molecule has 1 aliphatic carbocycles. The van der Waals surface area contributed by atoms with Crippen molar-refractivity contribution in [3.63, 3.8) is 0 Å². The summed E-state index contributed by atoms with van der Waals surface area (Å²) in [7, 11) is -0.756. The molecule has 19 heavy (non-hydrogen) atoms. The van der Waals surface area contributed by atoms with Crippen LogP contribution in [-0.2, 0) is 10.8 Å². The number of rotatable bonds is 5. The van der Waals surface area contributed by atoms with Gasteiger partial charge in [0.25, 0.3) is 0 Å². The summed E-state index contributed by atoms with van der Waals surface area (Å²) in [5.41, 5.74) is 7.58. The van der Waals surface area contributed by atoms with E-state index >= 15 is 0 Å². The van der Waals surface area contributed by atoms with Crippen LogP contribution in [0.4, 0.5) is 0 Å². The van der Waals surface area contributed by atoms with Gasteiger partial charge in [0.05, 0.1) is 5.25 Å². The van der Waals surface area contributed by atoms with E-state index in [4.69, 9.17) is 5.73 Å². The third kappa shape index (κ3) is 3.90. The maximum atomic E-state index is 12.4. The highest BCUT2D eigenvalue weighted by Gasteiger charge is 2.32. The Bertz CT molecular complexity index is 406. The fourth-order valence-electron chi connectivity index (χ4n) is 2.92. The van der Waals surface area contributed by atoms with Crippen molar-refractivity contribution in [1.82, 2.24) is 0 Å². The number of unbranched alkanes of at least 4 members (excludes halogenated alkanes) is 1. The summed E-state index contributed by atoms with van der Waals surface area (Å²) >= 11 is 0. The molecule has 4 unspecified atom stereocenters. The van der Waals surface area contributed by atoms with Crippen LogP contribution >= 0.6 is 0 Å². The average Bonchev–Trinajstić information content (AvgIpc) is 2.46. The molecule has 2 N–H and O–H groups in total. The van der Waals surface area contributed by atoms with Crippen molar-refractivity contribution in [1.29, 1.82) is 0 Å². The van der Waals surface area contributed by atoms with Gasteiger partial charge in [-0.3, -0.25) is 4.21 Å². The summed E-state index contributed by atoms with van der Waals surface area (Å²) in [5, 5.41) is 0.186. The van der Waals surface area contributed by atoms with Crippen LogP contribution in [0.5, 0.6) is 0 Å². The van der Waals surface area contributed by atoms with E-state index in [1.807, 2.05) is 0 Å². The van der Waals surface area contributed by atoms with Crippen LogP contribution in [0.25, 0.3) is 0 Å². The lowest BCUT2D eigenvalue weighted by Crippen LogP contribution is -2.43. The summed E-state index contributed by atoms with van der Waals surface area (Å²) in [6, 6.07) is 10.7. The monoisotopic (exact) mass is 279 g/mol. The molecule has 1 saturated carbocycles. The second-order valence-corrected chi connectivity index (χ2v) is 7.34. The summed E-state index contributed by atoms with van der Waals surface area (Å²) in [6.07, 6.45) is 5.28. The Morgan fingerprint density at radius 3 is 2.68 bits per heavy atom. The Labute approximate surface area is 119 Å². The molecule has 1 aromatic carbocycles. The quantitative estimate of drug-likeness (QED) is 0.899. The van der Waals surface area contributed by atoms with Gasteiger partial charge in [-0.25, -0.2) is 0 Å². The number of benzene rings is 1. The maximum Gasteiger partial charge on any atom is 0.0504 e. The highest BCUT2D eigenvalue weighted by atomic mass is 32.2. The molecular weight excluding hydrogens is 254 g/mol. The zero-order valence-corrected chi connectivity index (χ0v) is 12.6. The molecule has 3 heteroatoms. The number of nitrogens with two attached hydrogens (primary N) is 1. The van der Waals surface area contributed by atoms with Gasteiger partial charge >= 0.3 is 0 Å². The van der Waals surface area contributed by atoms with E-state index in [0.29, 0.717) is 5.92 Å². The molecule has 0 radical (unpaired) electrons. The van der Waals surface area contributed by atoms with Crippen LogP contribution < -0.4 is 5.73 Å². The van der Waals surface area contributed by atoms with Crippen molar-refractivity contribution in [2.45, 2.75) is 56.2 Å². The first-order valence-electron chi connectivity index (χ1n) is 7.40. The minimum absolute atomic E-state index is 0.123. The van der Waals surface area contributed by atoms with E-state index in [1.54, 1.807) is 0 Å². The van der Waals surface area contributed by atoms with Crippen LogP contribution in [0.3, 0.4) is 0 Å². The zero-order valence-electron chi connectivity index (χ0n) is 11.8. The molecule has 4 atom stereocenters. The molecule has 1 aliphatic rings. The Kier molecular flexibility index (Phi) is 5.59. The van der Waals surface area contributed by atoms with E-state index in [2.05, 4.69) is 37.3 Å². The Morgan fingerprint density at radius 1 is 1.26 bits per heavy atom. The first-order valence-corrected chi connectivity index (χ1v) is 8.78. The van der Waals surface area contributed by atoms with Crippen molar-refractivity contribution in [2.24, 2.45) is 5.73 Å². The minimum Gasteiger partial charge on any atom is -0.327 e. The standard InChI is InChI=1S/C16H25NOS/c1-2-3-11-19(18)16-12-14(9-10-15(16)17)13-7-5-4-6-8-13/h4-8,14-16H,2-3,9-12,17H2,1H3. The first-order chi connectivity index (χ1) is 9.22. The van der Waals surface area contributed by atoms with Crippen molar-refractivity contribution in [2.75, 3.05) is 5.75 Å². The average molecular weight is 279 g/mol. The van der Waals surface area contributed by atoms with E-state index in [0.717, 1.165) is 37.9 Å². The topological polar surface area (TPSA) is 43.1 Å². The van der Waals surface area contributed by atoms with Gasteiger partial charge in [-0.15, -0.1) is 0 Å². The molecule has 0 heterocycles. The molecule has 0 aliphatic heterocycles. The molecular formula is C16H25NOS. The fourth-order valence-corrected chi connectivity index (χ4v) is 4.77. The number of hydrogen-bond acceptors (Lipinski definition) is 2. The van der Waals surface area contributed by atoms with Gasteiger partial charge in [0.2, 0.25) is 0 Å². The van der Waals surface area contributed by atoms with Crippen LogP contribution in [0.15, 0.2) is 30.3 Å². The van der Waals surface area contributed by atoms with Gasteiger partial charge in [-0.1, -0.05) is 43.7 Å². The normalized spacial score (nSPS) is 29.1.